The van der Waals surface area contributed by atoms with Crippen molar-refractivity contribution >= 4 is 5.97 Å². The van der Waals surface area contributed by atoms with Gasteiger partial charge in [-0.1, -0.05) is 44.0 Å². The minimum absolute atomic E-state index is 0.571. The van der Waals surface area contributed by atoms with Gasteiger partial charge in [0.15, 0.2) is 0 Å². The van der Waals surface area contributed by atoms with Gasteiger partial charge in [-0.15, -0.1) is 0 Å². The van der Waals surface area contributed by atoms with E-state index < -0.39 is 12.0 Å². The van der Waals surface area contributed by atoms with Crippen LogP contribution in [-0.4, -0.2) is 11.1 Å². The molecule has 3 N–H and O–H groups in total. The predicted octanol–water partition coefficient (Wildman–Crippen LogP) is 3.06. The molecule has 1 atom stereocenters. The minimum atomic E-state index is -0.968. The van der Waals surface area contributed by atoms with Gasteiger partial charge in [0, 0.05) is 0 Å². The fourth-order valence-corrected chi connectivity index (χ4v) is 2.74. The molecule has 1 saturated carbocycles. The van der Waals surface area contributed by atoms with E-state index in [4.69, 9.17) is 10.8 Å². The van der Waals surface area contributed by atoms with Crippen LogP contribution in [0.15, 0.2) is 24.3 Å². The van der Waals surface area contributed by atoms with Crippen LogP contribution in [0.3, 0.4) is 0 Å². The molecule has 1 aliphatic rings. The molecule has 0 aliphatic heterocycles. The second-order valence-electron chi connectivity index (χ2n) is 5.44. The van der Waals surface area contributed by atoms with Gasteiger partial charge >= 0.3 is 5.97 Å². The minimum Gasteiger partial charge on any atom is -0.480 e. The molecule has 0 amide bonds. The standard InChI is InChI=1S/C15H21NO2/c1-10-5-7-11(8-6-10)12-3-2-4-13(9-12)14(16)15(17)18/h2-4,9-11,14H,5-8,16H2,1H3,(H,17,18). The van der Waals surface area contributed by atoms with Crippen molar-refractivity contribution in [2.45, 2.75) is 44.6 Å². The van der Waals surface area contributed by atoms with Crippen molar-refractivity contribution in [2.75, 3.05) is 0 Å². The number of benzene rings is 1. The SMILES string of the molecule is CC1CCC(c2cccc(C(N)C(=O)O)c2)CC1. The Morgan fingerprint density at radius 2 is 2.00 bits per heavy atom. The van der Waals surface area contributed by atoms with Gasteiger partial charge in [0.1, 0.15) is 6.04 Å². The summed E-state index contributed by atoms with van der Waals surface area (Å²) in [5.41, 5.74) is 7.61. The van der Waals surface area contributed by atoms with E-state index in [2.05, 4.69) is 13.0 Å². The Kier molecular flexibility index (Phi) is 4.02. The zero-order valence-electron chi connectivity index (χ0n) is 10.8. The molecule has 1 fully saturated rings. The molecule has 3 heteroatoms. The van der Waals surface area contributed by atoms with Crippen molar-refractivity contribution in [3.05, 3.63) is 35.4 Å². The van der Waals surface area contributed by atoms with Crippen LogP contribution in [0.5, 0.6) is 0 Å². The van der Waals surface area contributed by atoms with Crippen LogP contribution in [0.25, 0.3) is 0 Å². The lowest BCUT2D eigenvalue weighted by Gasteiger charge is -2.27. The molecule has 0 spiro atoms. The number of carboxylic acids is 1. The topological polar surface area (TPSA) is 63.3 Å². The molecule has 2 rings (SSSR count). The molecule has 1 aliphatic carbocycles. The highest BCUT2D eigenvalue weighted by molar-refractivity contribution is 5.75. The highest BCUT2D eigenvalue weighted by Gasteiger charge is 2.21. The van der Waals surface area contributed by atoms with Crippen molar-refractivity contribution in [2.24, 2.45) is 11.7 Å². The van der Waals surface area contributed by atoms with Crippen molar-refractivity contribution in [1.29, 1.82) is 0 Å². The van der Waals surface area contributed by atoms with Crippen molar-refractivity contribution < 1.29 is 9.90 Å². The summed E-state index contributed by atoms with van der Waals surface area (Å²) in [4.78, 5) is 10.9. The summed E-state index contributed by atoms with van der Waals surface area (Å²) in [6, 6.07) is 6.88. The van der Waals surface area contributed by atoms with Crippen molar-refractivity contribution in [3.8, 4) is 0 Å². The fraction of sp³-hybridized carbons (Fsp3) is 0.533. The first-order valence-corrected chi connectivity index (χ1v) is 6.66. The number of carbonyl (C=O) groups is 1. The average Bonchev–Trinajstić information content (AvgIpc) is 2.38. The lowest BCUT2D eigenvalue weighted by atomic mass is 9.79. The molecule has 3 nitrogen and oxygen atoms in total. The summed E-state index contributed by atoms with van der Waals surface area (Å²) in [6.07, 6.45) is 4.93. The quantitative estimate of drug-likeness (QED) is 0.862. The Morgan fingerprint density at radius 3 is 2.61 bits per heavy atom. The van der Waals surface area contributed by atoms with Crippen LogP contribution in [-0.2, 0) is 4.79 Å². The third-order valence-electron chi connectivity index (χ3n) is 4.02. The van der Waals surface area contributed by atoms with Crippen LogP contribution >= 0.6 is 0 Å². The van der Waals surface area contributed by atoms with E-state index in [0.29, 0.717) is 11.5 Å². The van der Waals surface area contributed by atoms with Gasteiger partial charge in [0.25, 0.3) is 0 Å². The summed E-state index contributed by atoms with van der Waals surface area (Å²) < 4.78 is 0. The number of carboxylic acid groups (broad SMARTS) is 1. The number of hydrogen-bond acceptors (Lipinski definition) is 2. The maximum absolute atomic E-state index is 10.9. The van der Waals surface area contributed by atoms with Gasteiger partial charge in [0.2, 0.25) is 0 Å². The summed E-state index contributed by atoms with van der Waals surface area (Å²) in [5.74, 6) is 0.428. The van der Waals surface area contributed by atoms with Crippen molar-refractivity contribution in [3.63, 3.8) is 0 Å². The van der Waals surface area contributed by atoms with Gasteiger partial charge < -0.3 is 10.8 Å². The zero-order chi connectivity index (χ0) is 13.1. The second-order valence-corrected chi connectivity index (χ2v) is 5.44. The summed E-state index contributed by atoms with van der Waals surface area (Å²) in [7, 11) is 0. The molecule has 1 unspecified atom stereocenters. The summed E-state index contributed by atoms with van der Waals surface area (Å²) in [6.45, 7) is 2.30. The van der Waals surface area contributed by atoms with Gasteiger partial charge in [-0.3, -0.25) is 4.79 Å². The molecule has 0 saturated heterocycles. The van der Waals surface area contributed by atoms with Crippen LogP contribution < -0.4 is 5.73 Å². The zero-order valence-corrected chi connectivity index (χ0v) is 10.8. The van der Waals surface area contributed by atoms with Gasteiger partial charge in [-0.25, -0.2) is 0 Å². The number of rotatable bonds is 3. The maximum Gasteiger partial charge on any atom is 0.325 e. The first-order valence-electron chi connectivity index (χ1n) is 6.66. The summed E-state index contributed by atoms with van der Waals surface area (Å²) in [5, 5.41) is 8.95. The second kappa shape index (κ2) is 5.53. The van der Waals surface area contributed by atoms with Crippen LogP contribution in [0.4, 0.5) is 0 Å². The van der Waals surface area contributed by atoms with Crippen LogP contribution in [0.1, 0.15) is 55.7 Å². The third kappa shape index (κ3) is 2.91. The Bertz CT molecular complexity index is 422. The molecule has 0 radical (unpaired) electrons. The highest BCUT2D eigenvalue weighted by Crippen LogP contribution is 2.35. The van der Waals surface area contributed by atoms with Crippen LogP contribution in [0, 0.1) is 5.92 Å². The van der Waals surface area contributed by atoms with Crippen molar-refractivity contribution in [1.82, 2.24) is 0 Å². The smallest absolute Gasteiger partial charge is 0.325 e. The van der Waals surface area contributed by atoms with E-state index in [0.717, 1.165) is 5.92 Å². The molecule has 98 valence electrons. The Morgan fingerprint density at radius 1 is 1.33 bits per heavy atom. The van der Waals surface area contributed by atoms with E-state index in [1.165, 1.54) is 31.2 Å². The molecule has 1 aromatic carbocycles. The predicted molar refractivity (Wildman–Crippen MR) is 71.4 cm³/mol. The molecule has 0 heterocycles. The van der Waals surface area contributed by atoms with Gasteiger partial charge in [-0.05, 0) is 35.8 Å². The van der Waals surface area contributed by atoms with E-state index in [-0.39, 0.29) is 0 Å². The van der Waals surface area contributed by atoms with Gasteiger partial charge in [-0.2, -0.15) is 0 Å². The monoisotopic (exact) mass is 247 g/mol. The third-order valence-corrected chi connectivity index (χ3v) is 4.02. The molecule has 18 heavy (non-hydrogen) atoms. The lowest BCUT2D eigenvalue weighted by Crippen LogP contribution is -2.21. The van der Waals surface area contributed by atoms with E-state index in [1.54, 1.807) is 6.07 Å². The number of aliphatic carboxylic acids is 1. The fourth-order valence-electron chi connectivity index (χ4n) is 2.74. The summed E-state index contributed by atoms with van der Waals surface area (Å²) >= 11 is 0. The Hall–Kier alpha value is -1.35. The Balaban J connectivity index is 2.14. The average molecular weight is 247 g/mol. The normalized spacial score (nSPS) is 25.7. The molecular formula is C15H21NO2. The molecular weight excluding hydrogens is 226 g/mol. The number of nitrogens with two attached hydrogens (primary N) is 1. The number of hydrogen-bond donors (Lipinski definition) is 2. The molecule has 0 aromatic heterocycles. The van der Waals surface area contributed by atoms with E-state index in [9.17, 15) is 4.79 Å². The largest absolute Gasteiger partial charge is 0.480 e. The highest BCUT2D eigenvalue weighted by atomic mass is 16.4. The van der Waals surface area contributed by atoms with Gasteiger partial charge in [0.05, 0.1) is 0 Å². The first-order chi connectivity index (χ1) is 8.58. The Labute approximate surface area is 108 Å². The lowest BCUT2D eigenvalue weighted by molar-refractivity contribution is -0.138. The van der Waals surface area contributed by atoms with Crippen LogP contribution in [0.2, 0.25) is 0 Å². The van der Waals surface area contributed by atoms with E-state index >= 15 is 0 Å². The molecule has 0 bridgehead atoms. The van der Waals surface area contributed by atoms with E-state index in [1.807, 2.05) is 12.1 Å². The first kappa shape index (κ1) is 13.1. The molecule has 1 aromatic rings. The maximum atomic E-state index is 10.9.